The van der Waals surface area contributed by atoms with Crippen LogP contribution in [0, 0.1) is 25.5 Å². The Morgan fingerprint density at radius 3 is 2.67 bits per heavy atom. The number of aliphatic hydroxyl groups excluding tert-OH is 1. The first-order valence-corrected chi connectivity index (χ1v) is 10.9. The number of aromatic nitrogens is 2. The van der Waals surface area contributed by atoms with Crippen LogP contribution in [0.5, 0.6) is 0 Å². The SMILES string of the molecule is Cc1nn(C[C@@H](O)c2cc(F)ccc2F)c(C)c1S(=O)(=O)N1CCc2ccccc21. The molecule has 158 valence electrons. The number of para-hydroxylation sites is 1. The van der Waals surface area contributed by atoms with Gasteiger partial charge in [-0.2, -0.15) is 5.10 Å². The van der Waals surface area contributed by atoms with Crippen LogP contribution in [0.4, 0.5) is 14.5 Å². The van der Waals surface area contributed by atoms with Gasteiger partial charge in [-0.15, -0.1) is 0 Å². The van der Waals surface area contributed by atoms with E-state index in [4.69, 9.17) is 0 Å². The number of halogens is 2. The zero-order chi connectivity index (χ0) is 21.6. The third-order valence-corrected chi connectivity index (χ3v) is 7.44. The van der Waals surface area contributed by atoms with Gasteiger partial charge >= 0.3 is 0 Å². The summed E-state index contributed by atoms with van der Waals surface area (Å²) in [7, 11) is -3.87. The summed E-state index contributed by atoms with van der Waals surface area (Å²) in [5.74, 6) is -1.42. The van der Waals surface area contributed by atoms with Crippen LogP contribution in [0.1, 0.15) is 28.6 Å². The molecule has 0 amide bonds. The minimum Gasteiger partial charge on any atom is -0.386 e. The molecular formula is C21H21F2N3O3S. The van der Waals surface area contributed by atoms with Gasteiger partial charge in [-0.3, -0.25) is 8.99 Å². The molecule has 0 fully saturated rings. The maximum absolute atomic E-state index is 14.0. The average Bonchev–Trinajstić information content (AvgIpc) is 3.25. The summed E-state index contributed by atoms with van der Waals surface area (Å²) in [6, 6.07) is 10.2. The van der Waals surface area contributed by atoms with Gasteiger partial charge in [0.05, 0.1) is 23.6 Å². The van der Waals surface area contributed by atoms with Crippen molar-refractivity contribution in [3.63, 3.8) is 0 Å². The second-order valence-electron chi connectivity index (χ2n) is 7.32. The molecule has 0 saturated carbocycles. The lowest BCUT2D eigenvalue weighted by Gasteiger charge is -2.20. The van der Waals surface area contributed by atoms with E-state index in [1.807, 2.05) is 12.1 Å². The number of hydrogen-bond donors (Lipinski definition) is 1. The van der Waals surface area contributed by atoms with Gasteiger partial charge in [-0.05, 0) is 50.1 Å². The van der Waals surface area contributed by atoms with Crippen LogP contribution in [0.25, 0.3) is 0 Å². The number of anilines is 1. The Balaban J connectivity index is 1.68. The van der Waals surface area contributed by atoms with Crippen LogP contribution in [-0.4, -0.2) is 29.8 Å². The highest BCUT2D eigenvalue weighted by molar-refractivity contribution is 7.93. The van der Waals surface area contributed by atoms with E-state index < -0.39 is 27.8 Å². The van der Waals surface area contributed by atoms with E-state index in [0.29, 0.717) is 24.3 Å². The molecule has 1 N–H and O–H groups in total. The second-order valence-corrected chi connectivity index (χ2v) is 9.12. The number of fused-ring (bicyclic) bond motifs is 1. The number of aryl methyl sites for hydroxylation is 1. The standard InChI is InChI=1S/C21H21F2N3O3S/c1-13-21(30(28,29)26-10-9-15-5-3-4-6-19(15)26)14(2)25(24-13)12-20(27)17-11-16(22)7-8-18(17)23/h3-8,11,20,27H,9-10,12H2,1-2H3/t20-/m1/s1. The van der Waals surface area contributed by atoms with Gasteiger partial charge in [-0.25, -0.2) is 17.2 Å². The number of sulfonamides is 1. The highest BCUT2D eigenvalue weighted by Gasteiger charge is 2.35. The zero-order valence-electron chi connectivity index (χ0n) is 16.5. The molecule has 0 spiro atoms. The van der Waals surface area contributed by atoms with E-state index in [-0.39, 0.29) is 22.7 Å². The van der Waals surface area contributed by atoms with Crippen LogP contribution < -0.4 is 4.31 Å². The van der Waals surface area contributed by atoms with E-state index in [1.54, 1.807) is 26.0 Å². The molecule has 3 aromatic rings. The normalized spacial score (nSPS) is 14.8. The Bertz CT molecular complexity index is 1220. The molecular weight excluding hydrogens is 412 g/mol. The van der Waals surface area contributed by atoms with Gasteiger partial charge in [-0.1, -0.05) is 18.2 Å². The maximum atomic E-state index is 14.0. The quantitative estimate of drug-likeness (QED) is 0.670. The first-order valence-electron chi connectivity index (χ1n) is 9.48. The number of rotatable bonds is 5. The van der Waals surface area contributed by atoms with Gasteiger partial charge in [0.25, 0.3) is 10.0 Å². The molecule has 1 aliphatic heterocycles. The lowest BCUT2D eigenvalue weighted by Crippen LogP contribution is -2.30. The summed E-state index contributed by atoms with van der Waals surface area (Å²) in [5, 5.41) is 14.7. The highest BCUT2D eigenvalue weighted by Crippen LogP contribution is 2.35. The van der Waals surface area contributed by atoms with Gasteiger partial charge < -0.3 is 5.11 Å². The topological polar surface area (TPSA) is 75.4 Å². The summed E-state index contributed by atoms with van der Waals surface area (Å²) < 4.78 is 56.9. The molecule has 4 rings (SSSR count). The summed E-state index contributed by atoms with van der Waals surface area (Å²) in [4.78, 5) is 0.0612. The minimum absolute atomic E-state index is 0.0612. The van der Waals surface area contributed by atoms with Gasteiger partial charge in [0.1, 0.15) is 22.6 Å². The van der Waals surface area contributed by atoms with Gasteiger partial charge in [0.15, 0.2) is 0 Å². The van der Waals surface area contributed by atoms with Crippen LogP contribution in [0.15, 0.2) is 47.4 Å². The second kappa shape index (κ2) is 7.48. The van der Waals surface area contributed by atoms with Crippen molar-refractivity contribution in [3.05, 3.63) is 76.6 Å². The van der Waals surface area contributed by atoms with Gasteiger partial charge in [0, 0.05) is 12.1 Å². The van der Waals surface area contributed by atoms with Crippen molar-refractivity contribution in [2.45, 2.75) is 37.8 Å². The highest BCUT2D eigenvalue weighted by atomic mass is 32.2. The summed E-state index contributed by atoms with van der Waals surface area (Å²) >= 11 is 0. The molecule has 2 heterocycles. The predicted molar refractivity (Wildman–Crippen MR) is 108 cm³/mol. The fourth-order valence-electron chi connectivity index (χ4n) is 3.93. The van der Waals surface area contributed by atoms with Crippen LogP contribution >= 0.6 is 0 Å². The van der Waals surface area contributed by atoms with Crippen molar-refractivity contribution in [1.82, 2.24) is 9.78 Å². The van der Waals surface area contributed by atoms with Crippen molar-refractivity contribution in [2.24, 2.45) is 0 Å². The van der Waals surface area contributed by atoms with E-state index in [0.717, 1.165) is 23.8 Å². The Hall–Kier alpha value is -2.78. The summed E-state index contributed by atoms with van der Waals surface area (Å²) in [6.45, 7) is 3.29. The van der Waals surface area contributed by atoms with E-state index in [9.17, 15) is 22.3 Å². The van der Waals surface area contributed by atoms with Crippen LogP contribution in [0.3, 0.4) is 0 Å². The lowest BCUT2D eigenvalue weighted by atomic mass is 10.1. The van der Waals surface area contributed by atoms with Crippen molar-refractivity contribution < 1.29 is 22.3 Å². The Kier molecular flexibility index (Phi) is 5.11. The van der Waals surface area contributed by atoms with E-state index in [2.05, 4.69) is 5.10 Å². The van der Waals surface area contributed by atoms with Crippen molar-refractivity contribution >= 4 is 15.7 Å². The van der Waals surface area contributed by atoms with E-state index >= 15 is 0 Å². The van der Waals surface area contributed by atoms with Crippen LogP contribution in [-0.2, 0) is 23.0 Å². The Labute approximate surface area is 173 Å². The van der Waals surface area contributed by atoms with Crippen molar-refractivity contribution in [3.8, 4) is 0 Å². The minimum atomic E-state index is -3.87. The lowest BCUT2D eigenvalue weighted by molar-refractivity contribution is 0.145. The smallest absolute Gasteiger partial charge is 0.268 e. The first-order chi connectivity index (χ1) is 14.2. The Morgan fingerprint density at radius 2 is 1.90 bits per heavy atom. The van der Waals surface area contributed by atoms with Crippen LogP contribution in [0.2, 0.25) is 0 Å². The molecule has 30 heavy (non-hydrogen) atoms. The number of aliphatic hydroxyl groups is 1. The molecule has 2 aromatic carbocycles. The molecule has 1 aromatic heterocycles. The van der Waals surface area contributed by atoms with E-state index in [1.165, 1.54) is 8.99 Å². The average molecular weight is 433 g/mol. The first kappa shape index (κ1) is 20.5. The molecule has 9 heteroatoms. The van der Waals surface area contributed by atoms with Crippen molar-refractivity contribution in [2.75, 3.05) is 10.8 Å². The Morgan fingerprint density at radius 1 is 1.17 bits per heavy atom. The predicted octanol–water partition coefficient (Wildman–Crippen LogP) is 3.26. The van der Waals surface area contributed by atoms with Crippen molar-refractivity contribution in [1.29, 1.82) is 0 Å². The van der Waals surface area contributed by atoms with Gasteiger partial charge in [0.2, 0.25) is 0 Å². The molecule has 0 aliphatic carbocycles. The number of benzene rings is 2. The third-order valence-electron chi connectivity index (χ3n) is 5.37. The largest absolute Gasteiger partial charge is 0.386 e. The zero-order valence-corrected chi connectivity index (χ0v) is 17.3. The molecule has 0 saturated heterocycles. The molecule has 1 aliphatic rings. The maximum Gasteiger partial charge on any atom is 0.268 e. The molecule has 0 bridgehead atoms. The number of nitrogens with zero attached hydrogens (tertiary/aromatic N) is 3. The third kappa shape index (κ3) is 3.37. The molecule has 0 unspecified atom stereocenters. The molecule has 1 atom stereocenters. The fraction of sp³-hybridized carbons (Fsp3) is 0.286. The number of hydrogen-bond acceptors (Lipinski definition) is 4. The monoisotopic (exact) mass is 433 g/mol. The summed E-state index contributed by atoms with van der Waals surface area (Å²) in [6.07, 6.45) is -0.763. The molecule has 6 nitrogen and oxygen atoms in total. The fourth-order valence-corrected chi connectivity index (χ4v) is 5.81. The summed E-state index contributed by atoms with van der Waals surface area (Å²) in [5.41, 5.74) is 2.00. The molecule has 0 radical (unpaired) electrons.